The van der Waals surface area contributed by atoms with Crippen LogP contribution in [0.1, 0.15) is 21.5 Å². The van der Waals surface area contributed by atoms with Crippen molar-refractivity contribution in [3.63, 3.8) is 0 Å². The summed E-state index contributed by atoms with van der Waals surface area (Å²) in [5, 5.41) is 11.4. The number of nitrogens with one attached hydrogen (secondary N) is 1. The number of anilines is 1. The van der Waals surface area contributed by atoms with Crippen molar-refractivity contribution in [1.82, 2.24) is 4.57 Å². The van der Waals surface area contributed by atoms with Crippen LogP contribution < -0.4 is 5.32 Å². The van der Waals surface area contributed by atoms with E-state index >= 15 is 0 Å². The fourth-order valence-electron chi connectivity index (χ4n) is 1.84. The maximum Gasteiger partial charge on any atom is 0.257 e. The van der Waals surface area contributed by atoms with Crippen molar-refractivity contribution in [2.45, 2.75) is 6.92 Å². The molecule has 1 aromatic carbocycles. The summed E-state index contributed by atoms with van der Waals surface area (Å²) in [4.78, 5) is 12.0. The summed E-state index contributed by atoms with van der Waals surface area (Å²) in [6, 6.07) is 5.63. The highest BCUT2D eigenvalue weighted by molar-refractivity contribution is 6.05. The zero-order valence-corrected chi connectivity index (χ0v) is 10.6. The minimum absolute atomic E-state index is 0.0948. The summed E-state index contributed by atoms with van der Waals surface area (Å²) in [7, 11) is 1.83. The van der Waals surface area contributed by atoms with Gasteiger partial charge in [-0.05, 0) is 30.7 Å². The van der Waals surface area contributed by atoms with Gasteiger partial charge in [0.15, 0.2) is 0 Å². The lowest BCUT2D eigenvalue weighted by Crippen LogP contribution is -2.12. The molecule has 96 valence electrons. The second kappa shape index (κ2) is 4.94. The molecule has 0 unspecified atom stereocenters. The molecule has 0 saturated carbocycles. The predicted octanol–water partition coefficient (Wildman–Crippen LogP) is 2.60. The first-order valence-corrected chi connectivity index (χ1v) is 5.65. The third-order valence-corrected chi connectivity index (χ3v) is 2.74. The van der Waals surface area contributed by atoms with Gasteiger partial charge < -0.3 is 9.88 Å². The second-order valence-corrected chi connectivity index (χ2v) is 4.28. The first-order chi connectivity index (χ1) is 9.01. The van der Waals surface area contributed by atoms with E-state index in [9.17, 15) is 9.18 Å². The molecule has 2 rings (SSSR count). The highest BCUT2D eigenvalue weighted by Crippen LogP contribution is 2.16. The van der Waals surface area contributed by atoms with Gasteiger partial charge in [0.05, 0.1) is 11.1 Å². The maximum absolute atomic E-state index is 13.2. The van der Waals surface area contributed by atoms with Crippen LogP contribution in [0.15, 0.2) is 30.6 Å². The normalized spacial score (nSPS) is 10.0. The number of aryl methyl sites for hydroxylation is 2. The third-order valence-electron chi connectivity index (χ3n) is 2.74. The average Bonchev–Trinajstić information content (AvgIpc) is 2.71. The molecular formula is C14H12FN3O. The first kappa shape index (κ1) is 12.8. The van der Waals surface area contributed by atoms with Crippen LogP contribution in [0.3, 0.4) is 0 Å². The van der Waals surface area contributed by atoms with Gasteiger partial charge in [-0.15, -0.1) is 0 Å². The van der Waals surface area contributed by atoms with Crippen molar-refractivity contribution in [1.29, 1.82) is 5.26 Å². The van der Waals surface area contributed by atoms with Crippen molar-refractivity contribution in [3.05, 3.63) is 53.1 Å². The largest absolute Gasteiger partial charge is 0.356 e. The SMILES string of the molecule is Cc1cn(C)cc1C(=O)Nc1ccc(F)c(C#N)c1. The minimum atomic E-state index is -0.601. The minimum Gasteiger partial charge on any atom is -0.356 e. The Balaban J connectivity index is 2.25. The van der Waals surface area contributed by atoms with Gasteiger partial charge in [0.1, 0.15) is 11.9 Å². The van der Waals surface area contributed by atoms with E-state index in [-0.39, 0.29) is 11.5 Å². The van der Waals surface area contributed by atoms with E-state index < -0.39 is 5.82 Å². The van der Waals surface area contributed by atoms with Crippen LogP contribution in [0.2, 0.25) is 0 Å². The van der Waals surface area contributed by atoms with Gasteiger partial charge in [0.25, 0.3) is 5.91 Å². The van der Waals surface area contributed by atoms with E-state index in [0.29, 0.717) is 11.3 Å². The van der Waals surface area contributed by atoms with Crippen LogP contribution in [0.4, 0.5) is 10.1 Å². The zero-order valence-electron chi connectivity index (χ0n) is 10.6. The molecule has 0 saturated heterocycles. The predicted molar refractivity (Wildman–Crippen MR) is 69.2 cm³/mol. The van der Waals surface area contributed by atoms with E-state index in [1.165, 1.54) is 12.1 Å². The molecule has 0 fully saturated rings. The number of nitriles is 1. The Morgan fingerprint density at radius 3 is 2.74 bits per heavy atom. The summed E-state index contributed by atoms with van der Waals surface area (Å²) in [5.74, 6) is -0.884. The quantitative estimate of drug-likeness (QED) is 0.899. The Kier molecular flexibility index (Phi) is 3.34. The summed E-state index contributed by atoms with van der Waals surface area (Å²) >= 11 is 0. The number of hydrogen-bond acceptors (Lipinski definition) is 2. The molecule has 2 aromatic rings. The molecule has 0 aliphatic heterocycles. The molecule has 0 aliphatic carbocycles. The Morgan fingerprint density at radius 2 is 2.16 bits per heavy atom. The van der Waals surface area contributed by atoms with E-state index in [2.05, 4.69) is 5.32 Å². The van der Waals surface area contributed by atoms with E-state index in [1.807, 2.05) is 20.2 Å². The highest BCUT2D eigenvalue weighted by Gasteiger charge is 2.12. The fourth-order valence-corrected chi connectivity index (χ4v) is 1.84. The molecule has 0 bridgehead atoms. The van der Waals surface area contributed by atoms with Crippen LogP contribution >= 0.6 is 0 Å². The van der Waals surface area contributed by atoms with Crippen LogP contribution in [0, 0.1) is 24.1 Å². The van der Waals surface area contributed by atoms with Crippen molar-refractivity contribution >= 4 is 11.6 Å². The maximum atomic E-state index is 13.2. The number of nitrogens with zero attached hydrogens (tertiary/aromatic N) is 2. The van der Waals surface area contributed by atoms with E-state index in [4.69, 9.17) is 5.26 Å². The topological polar surface area (TPSA) is 57.8 Å². The lowest BCUT2D eigenvalue weighted by molar-refractivity contribution is 0.102. The van der Waals surface area contributed by atoms with Gasteiger partial charge >= 0.3 is 0 Å². The second-order valence-electron chi connectivity index (χ2n) is 4.28. The smallest absolute Gasteiger partial charge is 0.257 e. The van der Waals surface area contributed by atoms with Crippen LogP contribution in [0.5, 0.6) is 0 Å². The summed E-state index contributed by atoms with van der Waals surface area (Å²) in [6.45, 7) is 1.83. The first-order valence-electron chi connectivity index (χ1n) is 5.65. The molecule has 19 heavy (non-hydrogen) atoms. The number of amides is 1. The average molecular weight is 257 g/mol. The van der Waals surface area contributed by atoms with Gasteiger partial charge in [-0.1, -0.05) is 0 Å². The Labute approximate surface area is 110 Å². The molecule has 0 atom stereocenters. The van der Waals surface area contributed by atoms with Gasteiger partial charge in [0, 0.05) is 25.1 Å². The molecule has 0 spiro atoms. The number of rotatable bonds is 2. The highest BCUT2D eigenvalue weighted by atomic mass is 19.1. The summed E-state index contributed by atoms with van der Waals surface area (Å²) < 4.78 is 14.9. The van der Waals surface area contributed by atoms with Crippen molar-refractivity contribution in [2.24, 2.45) is 7.05 Å². The Bertz CT molecular complexity index is 682. The van der Waals surface area contributed by atoms with Crippen LogP contribution in [-0.4, -0.2) is 10.5 Å². The molecular weight excluding hydrogens is 245 g/mol. The molecule has 0 aliphatic rings. The van der Waals surface area contributed by atoms with Crippen molar-refractivity contribution < 1.29 is 9.18 Å². The standard InChI is InChI=1S/C14H12FN3O/c1-9-7-18(2)8-12(9)14(19)17-11-3-4-13(15)10(5-11)6-16/h3-5,7-8H,1-2H3,(H,17,19). The molecule has 4 nitrogen and oxygen atoms in total. The number of benzene rings is 1. The van der Waals surface area contributed by atoms with Gasteiger partial charge in [0.2, 0.25) is 0 Å². The fraction of sp³-hybridized carbons (Fsp3) is 0.143. The molecule has 1 N–H and O–H groups in total. The number of carbonyl (C=O) groups is 1. The Morgan fingerprint density at radius 1 is 1.42 bits per heavy atom. The van der Waals surface area contributed by atoms with Gasteiger partial charge in [-0.3, -0.25) is 4.79 Å². The van der Waals surface area contributed by atoms with Crippen LogP contribution in [-0.2, 0) is 7.05 Å². The Hall–Kier alpha value is -2.61. The van der Waals surface area contributed by atoms with E-state index in [1.54, 1.807) is 16.8 Å². The molecule has 1 aromatic heterocycles. The van der Waals surface area contributed by atoms with Crippen molar-refractivity contribution in [2.75, 3.05) is 5.32 Å². The third kappa shape index (κ3) is 2.63. The van der Waals surface area contributed by atoms with Crippen LogP contribution in [0.25, 0.3) is 0 Å². The summed E-state index contributed by atoms with van der Waals surface area (Å²) in [6.07, 6.45) is 3.54. The molecule has 1 heterocycles. The number of aromatic nitrogens is 1. The number of carbonyl (C=O) groups excluding carboxylic acids is 1. The lowest BCUT2D eigenvalue weighted by Gasteiger charge is -2.05. The van der Waals surface area contributed by atoms with E-state index in [0.717, 1.165) is 11.6 Å². The van der Waals surface area contributed by atoms with Gasteiger partial charge in [-0.25, -0.2) is 4.39 Å². The van der Waals surface area contributed by atoms with Gasteiger partial charge in [-0.2, -0.15) is 5.26 Å². The lowest BCUT2D eigenvalue weighted by atomic mass is 10.2. The van der Waals surface area contributed by atoms with Crippen molar-refractivity contribution in [3.8, 4) is 6.07 Å². The number of halogens is 1. The molecule has 5 heteroatoms. The molecule has 1 amide bonds. The zero-order chi connectivity index (χ0) is 14.0. The summed E-state index contributed by atoms with van der Waals surface area (Å²) in [5.41, 5.74) is 1.70. The monoisotopic (exact) mass is 257 g/mol. The number of hydrogen-bond donors (Lipinski definition) is 1. The molecule has 0 radical (unpaired) electrons.